The third-order valence-corrected chi connectivity index (χ3v) is 11.3. The van der Waals surface area contributed by atoms with E-state index in [2.05, 4.69) is 118 Å². The summed E-state index contributed by atoms with van der Waals surface area (Å²) in [7, 11) is 0. The van der Waals surface area contributed by atoms with E-state index in [0.29, 0.717) is 19.3 Å². The molecule has 0 bridgehead atoms. The van der Waals surface area contributed by atoms with Gasteiger partial charge in [0.25, 0.3) is 0 Å². The molecule has 0 rings (SSSR count). The highest BCUT2D eigenvalue weighted by Gasteiger charge is 2.19. The Labute approximate surface area is 407 Å². The molecule has 0 N–H and O–H groups in total. The fraction of sp³-hybridized carbons (Fsp3) is 0.683. The van der Waals surface area contributed by atoms with Crippen molar-refractivity contribution in [2.24, 2.45) is 0 Å². The molecule has 0 spiro atoms. The minimum Gasteiger partial charge on any atom is -0.462 e. The molecule has 0 aliphatic heterocycles. The van der Waals surface area contributed by atoms with Crippen LogP contribution in [0.3, 0.4) is 0 Å². The zero-order valence-corrected chi connectivity index (χ0v) is 42.9. The third-order valence-electron chi connectivity index (χ3n) is 11.3. The number of unbranched alkanes of at least 4 members (excludes halogenated alkanes) is 21. The van der Waals surface area contributed by atoms with Gasteiger partial charge >= 0.3 is 17.9 Å². The van der Waals surface area contributed by atoms with Crippen molar-refractivity contribution in [3.63, 3.8) is 0 Å². The van der Waals surface area contributed by atoms with E-state index < -0.39 is 6.10 Å². The molecular weight excluding hydrogens is 817 g/mol. The summed E-state index contributed by atoms with van der Waals surface area (Å²) in [6, 6.07) is 0. The summed E-state index contributed by atoms with van der Waals surface area (Å²) in [6.45, 7) is 6.36. The molecule has 6 nitrogen and oxygen atoms in total. The van der Waals surface area contributed by atoms with Crippen molar-refractivity contribution in [2.45, 2.75) is 252 Å². The predicted molar refractivity (Wildman–Crippen MR) is 284 cm³/mol. The molecule has 0 aliphatic rings. The largest absolute Gasteiger partial charge is 0.462 e. The van der Waals surface area contributed by atoms with Crippen molar-refractivity contribution < 1.29 is 28.6 Å². The lowest BCUT2D eigenvalue weighted by Gasteiger charge is -2.18. The molecule has 0 radical (unpaired) electrons. The van der Waals surface area contributed by atoms with Gasteiger partial charge in [0.05, 0.1) is 0 Å². The van der Waals surface area contributed by atoms with Crippen LogP contribution in [0.25, 0.3) is 0 Å². The van der Waals surface area contributed by atoms with E-state index >= 15 is 0 Å². The first kappa shape index (κ1) is 62.3. The van der Waals surface area contributed by atoms with Gasteiger partial charge in [0.1, 0.15) is 13.2 Å². The Morgan fingerprint density at radius 2 is 0.591 bits per heavy atom. The minimum atomic E-state index is -0.794. The van der Waals surface area contributed by atoms with E-state index in [9.17, 15) is 14.4 Å². The smallest absolute Gasteiger partial charge is 0.306 e. The third kappa shape index (κ3) is 51.3. The lowest BCUT2D eigenvalue weighted by atomic mass is 10.1. The van der Waals surface area contributed by atoms with Crippen LogP contribution in [0.4, 0.5) is 0 Å². The molecule has 376 valence electrons. The van der Waals surface area contributed by atoms with Crippen LogP contribution in [-0.2, 0) is 28.6 Å². The molecule has 0 fully saturated rings. The molecule has 0 aromatic heterocycles. The second kappa shape index (κ2) is 53.9. The van der Waals surface area contributed by atoms with Crippen LogP contribution in [0.1, 0.15) is 245 Å². The molecule has 0 aliphatic carbocycles. The SMILES string of the molecule is CC/C=C\C/C=C\C/C=C\C/C=C\CCCCCCCCCCC(=O)OCC(COC(=O)CCCCCCC/C=C\CCCCC)OC(=O)CCCCCCC/C=C\C/C=C\C/C=C\CC. The number of allylic oxidation sites excluding steroid dienone is 16. The quantitative estimate of drug-likeness (QED) is 0.0262. The maximum atomic E-state index is 12.8. The normalized spacial score (nSPS) is 12.8. The molecule has 6 heteroatoms. The van der Waals surface area contributed by atoms with Crippen LogP contribution in [0.5, 0.6) is 0 Å². The summed E-state index contributed by atoms with van der Waals surface area (Å²) in [6.07, 6.45) is 71.0. The Kier molecular flexibility index (Phi) is 50.9. The number of carbonyl (C=O) groups excluding carboxylic acids is 3. The van der Waals surface area contributed by atoms with E-state index in [1.165, 1.54) is 70.6 Å². The maximum Gasteiger partial charge on any atom is 0.306 e. The van der Waals surface area contributed by atoms with Gasteiger partial charge in [-0.15, -0.1) is 0 Å². The second-order valence-electron chi connectivity index (χ2n) is 17.7. The predicted octanol–water partition coefficient (Wildman–Crippen LogP) is 18.1. The summed E-state index contributed by atoms with van der Waals surface area (Å²) < 4.78 is 16.8. The molecule has 1 atom stereocenters. The van der Waals surface area contributed by atoms with Gasteiger partial charge in [-0.3, -0.25) is 14.4 Å². The molecule has 1 unspecified atom stereocenters. The van der Waals surface area contributed by atoms with Crippen molar-refractivity contribution in [3.8, 4) is 0 Å². The molecule has 0 amide bonds. The van der Waals surface area contributed by atoms with Crippen LogP contribution >= 0.6 is 0 Å². The van der Waals surface area contributed by atoms with Gasteiger partial charge in [0, 0.05) is 19.3 Å². The Hall–Kier alpha value is -3.67. The van der Waals surface area contributed by atoms with Crippen LogP contribution in [0.2, 0.25) is 0 Å². The molecule has 0 saturated carbocycles. The van der Waals surface area contributed by atoms with Crippen molar-refractivity contribution in [1.82, 2.24) is 0 Å². The van der Waals surface area contributed by atoms with Gasteiger partial charge in [0.2, 0.25) is 0 Å². The van der Waals surface area contributed by atoms with Crippen LogP contribution in [0, 0.1) is 0 Å². The zero-order valence-electron chi connectivity index (χ0n) is 42.9. The highest BCUT2D eigenvalue weighted by atomic mass is 16.6. The number of hydrogen-bond donors (Lipinski definition) is 0. The van der Waals surface area contributed by atoms with E-state index in [1.54, 1.807) is 0 Å². The molecule has 66 heavy (non-hydrogen) atoms. The Balaban J connectivity index is 4.39. The minimum absolute atomic E-state index is 0.0922. The van der Waals surface area contributed by atoms with E-state index in [4.69, 9.17) is 14.2 Å². The summed E-state index contributed by atoms with van der Waals surface area (Å²) in [5.41, 5.74) is 0. The van der Waals surface area contributed by atoms with Crippen molar-refractivity contribution >= 4 is 17.9 Å². The van der Waals surface area contributed by atoms with Crippen molar-refractivity contribution in [2.75, 3.05) is 13.2 Å². The topological polar surface area (TPSA) is 78.9 Å². The van der Waals surface area contributed by atoms with Gasteiger partial charge in [-0.1, -0.05) is 208 Å². The summed E-state index contributed by atoms with van der Waals surface area (Å²) in [5.74, 6) is -0.926. The Bertz CT molecular complexity index is 1330. The molecule has 0 aromatic carbocycles. The first-order valence-electron chi connectivity index (χ1n) is 27.2. The average Bonchev–Trinajstić information content (AvgIpc) is 3.31. The lowest BCUT2D eigenvalue weighted by molar-refractivity contribution is -0.167. The molecule has 0 heterocycles. The molecular formula is C60H100O6. The highest BCUT2D eigenvalue weighted by Crippen LogP contribution is 2.14. The fourth-order valence-electron chi connectivity index (χ4n) is 7.27. The lowest BCUT2D eigenvalue weighted by Crippen LogP contribution is -2.30. The summed E-state index contributed by atoms with van der Waals surface area (Å²) in [4.78, 5) is 38.1. The van der Waals surface area contributed by atoms with Gasteiger partial charge in [-0.05, 0) is 116 Å². The Morgan fingerprint density at radius 1 is 0.318 bits per heavy atom. The molecule has 0 aromatic rings. The van der Waals surface area contributed by atoms with E-state index in [-0.39, 0.29) is 31.1 Å². The van der Waals surface area contributed by atoms with E-state index in [1.807, 2.05) is 0 Å². The van der Waals surface area contributed by atoms with Crippen molar-refractivity contribution in [3.05, 3.63) is 97.2 Å². The number of carbonyl (C=O) groups is 3. The van der Waals surface area contributed by atoms with Gasteiger partial charge in [0.15, 0.2) is 6.10 Å². The zero-order chi connectivity index (χ0) is 47.9. The number of esters is 3. The maximum absolute atomic E-state index is 12.8. The highest BCUT2D eigenvalue weighted by molar-refractivity contribution is 5.71. The first-order valence-corrected chi connectivity index (χ1v) is 27.2. The van der Waals surface area contributed by atoms with Crippen LogP contribution in [-0.4, -0.2) is 37.2 Å². The number of ether oxygens (including phenoxy) is 3. The fourth-order valence-corrected chi connectivity index (χ4v) is 7.27. The van der Waals surface area contributed by atoms with Gasteiger partial charge < -0.3 is 14.2 Å². The molecule has 0 saturated heterocycles. The van der Waals surface area contributed by atoms with Gasteiger partial charge in [-0.2, -0.15) is 0 Å². The monoisotopic (exact) mass is 917 g/mol. The standard InChI is InChI=1S/C60H100O6/c1-4-7-10-13-16-19-22-25-27-28-29-30-31-32-34-35-38-41-44-47-50-53-59(62)65-56-57(55-64-58(61)52-49-46-43-40-37-24-21-18-15-12-9-6-3)66-60(63)54-51-48-45-42-39-36-33-26-23-20-17-14-11-8-5-2/h7-8,10-11,16-21,25-27,29-30,33,57H,4-6,9,12-15,22-24,28,31-32,34-56H2,1-3H3/b10-7-,11-8-,19-16-,20-17-,21-18-,27-25-,30-29-,33-26-. The first-order chi connectivity index (χ1) is 32.5. The van der Waals surface area contributed by atoms with Crippen LogP contribution in [0.15, 0.2) is 97.2 Å². The summed E-state index contributed by atoms with van der Waals surface area (Å²) in [5, 5.41) is 0. The number of rotatable bonds is 48. The number of hydrogen-bond acceptors (Lipinski definition) is 6. The van der Waals surface area contributed by atoms with E-state index in [0.717, 1.165) is 135 Å². The Morgan fingerprint density at radius 3 is 0.939 bits per heavy atom. The van der Waals surface area contributed by atoms with Crippen LogP contribution < -0.4 is 0 Å². The second-order valence-corrected chi connectivity index (χ2v) is 17.7. The summed E-state index contributed by atoms with van der Waals surface area (Å²) >= 11 is 0. The van der Waals surface area contributed by atoms with Gasteiger partial charge in [-0.25, -0.2) is 0 Å². The van der Waals surface area contributed by atoms with Crippen molar-refractivity contribution in [1.29, 1.82) is 0 Å². The average molecular weight is 917 g/mol.